The Labute approximate surface area is 196 Å². The molecule has 0 fully saturated rings. The molecule has 0 saturated heterocycles. The van der Waals surface area contributed by atoms with Gasteiger partial charge in [0.1, 0.15) is 17.9 Å². The molecule has 8 heteroatoms. The summed E-state index contributed by atoms with van der Waals surface area (Å²) in [5.74, 6) is 0.529. The molecule has 1 aromatic carbocycles. The number of carbonyl (C=O) groups excluding carboxylic acids is 1. The molecule has 1 aromatic rings. The van der Waals surface area contributed by atoms with Crippen LogP contribution in [0.5, 0.6) is 5.75 Å². The Morgan fingerprint density at radius 3 is 2.34 bits per heavy atom. The summed E-state index contributed by atoms with van der Waals surface area (Å²) in [6.07, 6.45) is 0.0476. The van der Waals surface area contributed by atoms with Gasteiger partial charge in [-0.25, -0.2) is 0 Å². The number of amides is 1. The molecule has 0 spiro atoms. The molecule has 1 aliphatic rings. The summed E-state index contributed by atoms with van der Waals surface area (Å²) in [6.45, 7) is 18.7. The van der Waals surface area contributed by atoms with Crippen molar-refractivity contribution < 1.29 is 18.7 Å². The average Bonchev–Trinajstić information content (AvgIpc) is 2.90. The first-order chi connectivity index (χ1) is 14.7. The first kappa shape index (κ1) is 26.6. The molecule has 2 rings (SSSR count). The van der Waals surface area contributed by atoms with Crippen molar-refractivity contribution in [3.63, 3.8) is 0 Å². The number of nitriles is 1. The molecular weight excluding hydrogens is 436 g/mol. The molecule has 6 nitrogen and oxygen atoms in total. The van der Waals surface area contributed by atoms with Gasteiger partial charge in [-0.2, -0.15) is 5.26 Å². The second kappa shape index (κ2) is 9.68. The molecule has 1 heterocycles. The number of carbonyl (C=O) groups is 1. The number of methoxy groups -OCH3 is 1. The maximum absolute atomic E-state index is 13.8. The molecule has 32 heavy (non-hydrogen) atoms. The third kappa shape index (κ3) is 5.63. The van der Waals surface area contributed by atoms with Crippen LogP contribution in [0.15, 0.2) is 18.2 Å². The first-order valence-corrected chi connectivity index (χ1v) is 17.9. The van der Waals surface area contributed by atoms with Crippen molar-refractivity contribution in [1.29, 1.82) is 5.26 Å². The summed E-state index contributed by atoms with van der Waals surface area (Å²) in [5, 5.41) is 9.72. The minimum Gasteiger partial charge on any atom is -0.497 e. The summed E-state index contributed by atoms with van der Waals surface area (Å²) in [5.41, 5.74) is 0.504. The minimum absolute atomic E-state index is 0.000659. The van der Waals surface area contributed by atoms with E-state index in [9.17, 15) is 10.1 Å². The maximum Gasteiger partial charge on any atom is 0.242 e. The number of rotatable bonds is 10. The van der Waals surface area contributed by atoms with Crippen LogP contribution in [-0.2, 0) is 19.4 Å². The molecule has 0 unspecified atom stereocenters. The third-order valence-electron chi connectivity index (χ3n) is 6.75. The van der Waals surface area contributed by atoms with Gasteiger partial charge >= 0.3 is 0 Å². The van der Waals surface area contributed by atoms with Crippen LogP contribution in [0.2, 0.25) is 43.8 Å². The predicted molar refractivity (Wildman–Crippen MR) is 135 cm³/mol. The topological polar surface area (TPSA) is 71.8 Å². The Balaban J connectivity index is 2.41. The van der Waals surface area contributed by atoms with Crippen molar-refractivity contribution in [2.24, 2.45) is 0 Å². The number of hydrogen-bond donors (Lipinski definition) is 0. The quantitative estimate of drug-likeness (QED) is 0.328. The van der Waals surface area contributed by atoms with Crippen LogP contribution in [0.25, 0.3) is 0 Å². The van der Waals surface area contributed by atoms with Crippen molar-refractivity contribution in [1.82, 2.24) is 0 Å². The predicted octanol–water partition coefficient (Wildman–Crippen LogP) is 5.53. The van der Waals surface area contributed by atoms with Gasteiger partial charge in [0.25, 0.3) is 0 Å². The van der Waals surface area contributed by atoms with Crippen LogP contribution in [0.4, 0.5) is 5.69 Å². The fourth-order valence-corrected chi connectivity index (χ4v) is 5.22. The van der Waals surface area contributed by atoms with Gasteiger partial charge in [-0.3, -0.25) is 9.69 Å². The zero-order valence-corrected chi connectivity index (χ0v) is 23.3. The van der Waals surface area contributed by atoms with E-state index in [1.165, 1.54) is 0 Å². The summed E-state index contributed by atoms with van der Waals surface area (Å²) < 4.78 is 17.9. The molecular formula is C24H40N2O4Si2. The lowest BCUT2D eigenvalue weighted by atomic mass is 9.80. The van der Waals surface area contributed by atoms with E-state index in [4.69, 9.17) is 13.9 Å². The van der Waals surface area contributed by atoms with Crippen LogP contribution in [0.1, 0.15) is 32.8 Å². The average molecular weight is 477 g/mol. The van der Waals surface area contributed by atoms with Crippen LogP contribution in [0, 0.1) is 11.3 Å². The van der Waals surface area contributed by atoms with Gasteiger partial charge < -0.3 is 13.9 Å². The Hall–Kier alpha value is -1.67. The van der Waals surface area contributed by atoms with Gasteiger partial charge in [-0.15, -0.1) is 0 Å². The van der Waals surface area contributed by atoms with Gasteiger partial charge in [0.05, 0.1) is 31.9 Å². The smallest absolute Gasteiger partial charge is 0.242 e. The van der Waals surface area contributed by atoms with E-state index >= 15 is 0 Å². The molecule has 178 valence electrons. The Morgan fingerprint density at radius 1 is 1.16 bits per heavy atom. The third-order valence-corrected chi connectivity index (χ3v) is 12.9. The summed E-state index contributed by atoms with van der Waals surface area (Å²) in [7, 11) is -1.76. The number of benzene rings is 1. The van der Waals surface area contributed by atoms with Crippen molar-refractivity contribution in [2.75, 3.05) is 32.0 Å². The highest BCUT2D eigenvalue weighted by Crippen LogP contribution is 2.47. The lowest BCUT2D eigenvalue weighted by molar-refractivity contribution is -0.125. The second-order valence-electron chi connectivity index (χ2n) is 11.4. The Kier molecular flexibility index (Phi) is 8.04. The van der Waals surface area contributed by atoms with E-state index in [0.717, 1.165) is 17.3 Å². The second-order valence-corrected chi connectivity index (χ2v) is 21.9. The molecule has 0 bridgehead atoms. The zero-order valence-electron chi connectivity index (χ0n) is 21.3. The molecule has 0 radical (unpaired) electrons. The molecule has 0 saturated carbocycles. The van der Waals surface area contributed by atoms with E-state index in [1.54, 1.807) is 12.0 Å². The maximum atomic E-state index is 13.8. The first-order valence-electron chi connectivity index (χ1n) is 11.3. The standard InChI is InChI=1S/C24H40N2O4Si2/c1-23(2,3)32(8,9)30-17-24(12-13-25)20-16-19(28-4)10-11-21(20)26(22(24)27)18-29-14-15-31(5,6)7/h10-11,16H,12,14-15,17-18H2,1-9H3/t24-/m0/s1. The zero-order chi connectivity index (χ0) is 24.4. The van der Waals surface area contributed by atoms with E-state index in [0.29, 0.717) is 12.4 Å². The monoisotopic (exact) mass is 476 g/mol. The molecule has 0 aliphatic carbocycles. The van der Waals surface area contributed by atoms with Crippen molar-refractivity contribution >= 4 is 28.0 Å². The molecule has 0 N–H and O–H groups in total. The van der Waals surface area contributed by atoms with Crippen molar-refractivity contribution in [2.45, 2.75) is 76.4 Å². The lowest BCUT2D eigenvalue weighted by Gasteiger charge is -2.39. The number of fused-ring (bicyclic) bond motifs is 1. The fraction of sp³-hybridized carbons (Fsp3) is 0.667. The van der Waals surface area contributed by atoms with Gasteiger partial charge in [0.15, 0.2) is 8.32 Å². The van der Waals surface area contributed by atoms with Gasteiger partial charge in [0.2, 0.25) is 5.91 Å². The SMILES string of the molecule is COc1ccc2c(c1)[C@](CC#N)(CO[Si](C)(C)C(C)(C)C)C(=O)N2COCC[Si](C)(C)C. The van der Waals surface area contributed by atoms with Crippen molar-refractivity contribution in [3.05, 3.63) is 23.8 Å². The normalized spacial score (nSPS) is 19.1. The molecule has 1 amide bonds. The van der Waals surface area contributed by atoms with Crippen LogP contribution in [-0.4, -0.2) is 49.4 Å². The largest absolute Gasteiger partial charge is 0.497 e. The summed E-state index contributed by atoms with van der Waals surface area (Å²) in [6, 6.07) is 8.89. The Bertz CT molecular complexity index is 868. The van der Waals surface area contributed by atoms with E-state index < -0.39 is 21.8 Å². The number of ether oxygens (including phenoxy) is 2. The molecule has 1 aliphatic heterocycles. The minimum atomic E-state index is -2.13. The van der Waals surface area contributed by atoms with E-state index in [2.05, 4.69) is 59.6 Å². The van der Waals surface area contributed by atoms with Crippen molar-refractivity contribution in [3.8, 4) is 11.8 Å². The van der Waals surface area contributed by atoms with Crippen LogP contribution < -0.4 is 9.64 Å². The number of anilines is 1. The Morgan fingerprint density at radius 2 is 1.81 bits per heavy atom. The van der Waals surface area contributed by atoms with Crippen LogP contribution >= 0.6 is 0 Å². The summed E-state index contributed by atoms with van der Waals surface area (Å²) >= 11 is 0. The molecule has 0 aromatic heterocycles. The number of hydrogen-bond acceptors (Lipinski definition) is 5. The highest BCUT2D eigenvalue weighted by Gasteiger charge is 2.53. The van der Waals surface area contributed by atoms with Crippen LogP contribution in [0.3, 0.4) is 0 Å². The summed E-state index contributed by atoms with van der Waals surface area (Å²) in [4.78, 5) is 15.5. The molecule has 1 atom stereocenters. The van der Waals surface area contributed by atoms with Gasteiger partial charge in [0, 0.05) is 14.7 Å². The highest BCUT2D eigenvalue weighted by molar-refractivity contribution is 6.76. The van der Waals surface area contributed by atoms with E-state index in [1.807, 2.05) is 18.2 Å². The van der Waals surface area contributed by atoms with Gasteiger partial charge in [-0.1, -0.05) is 40.4 Å². The van der Waals surface area contributed by atoms with E-state index in [-0.39, 0.29) is 30.7 Å². The van der Waals surface area contributed by atoms with Gasteiger partial charge in [-0.05, 0) is 47.9 Å². The fourth-order valence-electron chi connectivity index (χ4n) is 3.42. The lowest BCUT2D eigenvalue weighted by Crippen LogP contribution is -2.49. The number of nitrogens with zero attached hydrogens (tertiary/aromatic N) is 2. The highest BCUT2D eigenvalue weighted by atomic mass is 28.4.